The zero-order valence-electron chi connectivity index (χ0n) is 8.87. The zero-order valence-corrected chi connectivity index (χ0v) is 9.63. The van der Waals surface area contributed by atoms with E-state index in [0.29, 0.717) is 5.02 Å². The summed E-state index contributed by atoms with van der Waals surface area (Å²) in [7, 11) is 0. The Labute approximate surface area is 99.4 Å². The molecule has 2 heterocycles. The van der Waals surface area contributed by atoms with E-state index in [1.165, 1.54) is 0 Å². The van der Waals surface area contributed by atoms with Crippen LogP contribution in [0.25, 0.3) is 0 Å². The molecule has 1 atom stereocenters. The Hall–Kier alpha value is -1.22. The van der Waals surface area contributed by atoms with Crippen molar-refractivity contribution in [2.45, 2.75) is 25.3 Å². The van der Waals surface area contributed by atoms with Gasteiger partial charge < -0.3 is 10.2 Å². The smallest absolute Gasteiger partial charge is 0.247 e. The fraction of sp³-hybridized carbons (Fsp3) is 0.417. The third kappa shape index (κ3) is 1.39. The summed E-state index contributed by atoms with van der Waals surface area (Å²) in [6, 6.07) is 5.77. The van der Waals surface area contributed by atoms with Crippen LogP contribution in [-0.4, -0.2) is 18.5 Å². The van der Waals surface area contributed by atoms with Crippen LogP contribution in [0.4, 0.5) is 11.4 Å². The van der Waals surface area contributed by atoms with Crippen LogP contribution < -0.4 is 10.2 Å². The number of hydrogen-bond donors (Lipinski definition) is 1. The minimum absolute atomic E-state index is 0.000262. The second kappa shape index (κ2) is 3.67. The Morgan fingerprint density at radius 3 is 3.12 bits per heavy atom. The third-order valence-corrected chi connectivity index (χ3v) is 3.67. The summed E-state index contributed by atoms with van der Waals surface area (Å²) in [6.45, 7) is 0.950. The molecule has 0 aliphatic carbocycles. The van der Waals surface area contributed by atoms with Gasteiger partial charge in [-0.2, -0.15) is 0 Å². The number of carbonyl (C=O) groups excluding carboxylic acids is 1. The number of piperidine rings is 1. The highest BCUT2D eigenvalue weighted by Crippen LogP contribution is 2.39. The fourth-order valence-electron chi connectivity index (χ4n) is 2.57. The average Bonchev–Trinajstić information content (AvgIpc) is 2.31. The van der Waals surface area contributed by atoms with E-state index in [4.69, 9.17) is 11.6 Å². The third-order valence-electron chi connectivity index (χ3n) is 3.35. The molecule has 1 amide bonds. The first-order valence-electron chi connectivity index (χ1n) is 5.63. The summed E-state index contributed by atoms with van der Waals surface area (Å²) >= 11 is 6.10. The normalized spacial score (nSPS) is 23.4. The first-order chi connectivity index (χ1) is 7.77. The molecule has 2 aliphatic rings. The molecule has 0 radical (unpaired) electrons. The van der Waals surface area contributed by atoms with Crippen molar-refractivity contribution in [1.82, 2.24) is 0 Å². The number of amides is 1. The van der Waals surface area contributed by atoms with Gasteiger partial charge in [-0.25, -0.2) is 0 Å². The highest BCUT2D eigenvalue weighted by atomic mass is 35.5. The van der Waals surface area contributed by atoms with Crippen molar-refractivity contribution in [2.75, 3.05) is 16.8 Å². The van der Waals surface area contributed by atoms with E-state index in [0.717, 1.165) is 37.2 Å². The van der Waals surface area contributed by atoms with Crippen LogP contribution in [0.15, 0.2) is 18.2 Å². The molecule has 0 spiro atoms. The van der Waals surface area contributed by atoms with Crippen molar-refractivity contribution in [1.29, 1.82) is 0 Å². The molecule has 1 aromatic rings. The lowest BCUT2D eigenvalue weighted by Crippen LogP contribution is -2.50. The minimum Gasteiger partial charge on any atom is -0.358 e. The number of rotatable bonds is 0. The Morgan fingerprint density at radius 1 is 1.38 bits per heavy atom. The van der Waals surface area contributed by atoms with Crippen LogP contribution in [-0.2, 0) is 4.79 Å². The van der Waals surface area contributed by atoms with Crippen molar-refractivity contribution < 1.29 is 4.79 Å². The molecule has 84 valence electrons. The van der Waals surface area contributed by atoms with Crippen LogP contribution in [0.3, 0.4) is 0 Å². The van der Waals surface area contributed by atoms with Crippen molar-refractivity contribution >= 4 is 28.9 Å². The summed E-state index contributed by atoms with van der Waals surface area (Å²) in [5, 5.41) is 3.54. The van der Waals surface area contributed by atoms with Gasteiger partial charge in [-0.1, -0.05) is 17.7 Å². The van der Waals surface area contributed by atoms with Gasteiger partial charge in [0.2, 0.25) is 5.91 Å². The van der Waals surface area contributed by atoms with Crippen LogP contribution >= 0.6 is 11.6 Å². The summed E-state index contributed by atoms with van der Waals surface area (Å²) in [5.41, 5.74) is 1.84. The molecule has 4 heteroatoms. The minimum atomic E-state index is -0.000262. The maximum absolute atomic E-state index is 11.9. The van der Waals surface area contributed by atoms with E-state index < -0.39 is 0 Å². The van der Waals surface area contributed by atoms with Gasteiger partial charge >= 0.3 is 0 Å². The van der Waals surface area contributed by atoms with E-state index in [9.17, 15) is 4.79 Å². The number of fused-ring (bicyclic) bond motifs is 3. The number of benzene rings is 1. The standard InChI is InChI=1S/C12H13ClN2O/c13-8-4-3-6-9-11(8)14-12(16)10-5-1-2-7-15(9)10/h3-4,6,10H,1-2,5,7H2,(H,14,16). The maximum Gasteiger partial charge on any atom is 0.247 e. The molecule has 1 aromatic carbocycles. The number of hydrogen-bond acceptors (Lipinski definition) is 2. The molecule has 0 saturated carbocycles. The second-order valence-corrected chi connectivity index (χ2v) is 4.74. The summed E-state index contributed by atoms with van der Waals surface area (Å²) in [6.07, 6.45) is 3.22. The summed E-state index contributed by atoms with van der Waals surface area (Å²) in [5.74, 6) is 0.0836. The SMILES string of the molecule is O=C1Nc2c(Cl)cccc2N2CCCCC12. The number of halogens is 1. The summed E-state index contributed by atoms with van der Waals surface area (Å²) in [4.78, 5) is 14.1. The van der Waals surface area contributed by atoms with Crippen molar-refractivity contribution in [3.8, 4) is 0 Å². The van der Waals surface area contributed by atoms with Gasteiger partial charge in [0.1, 0.15) is 6.04 Å². The van der Waals surface area contributed by atoms with E-state index in [1.807, 2.05) is 18.2 Å². The number of anilines is 2. The van der Waals surface area contributed by atoms with Gasteiger partial charge in [-0.05, 0) is 31.4 Å². The first kappa shape index (κ1) is 9.97. The van der Waals surface area contributed by atoms with Crippen molar-refractivity contribution in [2.24, 2.45) is 0 Å². The topological polar surface area (TPSA) is 32.3 Å². The van der Waals surface area contributed by atoms with E-state index >= 15 is 0 Å². The van der Waals surface area contributed by atoms with Crippen LogP contribution in [0.1, 0.15) is 19.3 Å². The Kier molecular flexibility index (Phi) is 2.28. The number of nitrogens with zero attached hydrogens (tertiary/aromatic N) is 1. The molecule has 0 bridgehead atoms. The molecule has 1 N–H and O–H groups in total. The second-order valence-electron chi connectivity index (χ2n) is 4.33. The van der Waals surface area contributed by atoms with Gasteiger partial charge in [0, 0.05) is 6.54 Å². The van der Waals surface area contributed by atoms with E-state index in [-0.39, 0.29) is 11.9 Å². The van der Waals surface area contributed by atoms with E-state index in [1.54, 1.807) is 0 Å². The predicted molar refractivity (Wildman–Crippen MR) is 65.1 cm³/mol. The van der Waals surface area contributed by atoms with Crippen LogP contribution in [0, 0.1) is 0 Å². The van der Waals surface area contributed by atoms with Crippen LogP contribution in [0.5, 0.6) is 0 Å². The molecule has 1 fully saturated rings. The number of para-hydroxylation sites is 1. The Morgan fingerprint density at radius 2 is 2.25 bits per heavy atom. The Balaban J connectivity index is 2.10. The number of carbonyl (C=O) groups is 1. The highest BCUT2D eigenvalue weighted by Gasteiger charge is 2.35. The largest absolute Gasteiger partial charge is 0.358 e. The maximum atomic E-state index is 11.9. The lowest BCUT2D eigenvalue weighted by molar-refractivity contribution is -0.118. The van der Waals surface area contributed by atoms with Gasteiger partial charge in [0.05, 0.1) is 16.4 Å². The van der Waals surface area contributed by atoms with E-state index in [2.05, 4.69) is 10.2 Å². The molecular weight excluding hydrogens is 224 g/mol. The zero-order chi connectivity index (χ0) is 11.1. The van der Waals surface area contributed by atoms with Crippen molar-refractivity contribution in [3.05, 3.63) is 23.2 Å². The van der Waals surface area contributed by atoms with Crippen LogP contribution in [0.2, 0.25) is 5.02 Å². The quantitative estimate of drug-likeness (QED) is 0.751. The van der Waals surface area contributed by atoms with Gasteiger partial charge in [0.25, 0.3) is 0 Å². The molecule has 0 aromatic heterocycles. The lowest BCUT2D eigenvalue weighted by Gasteiger charge is -2.41. The molecule has 1 saturated heterocycles. The molecule has 1 unspecified atom stereocenters. The molecule has 2 aliphatic heterocycles. The summed E-state index contributed by atoms with van der Waals surface area (Å²) < 4.78 is 0. The molecule has 16 heavy (non-hydrogen) atoms. The monoisotopic (exact) mass is 236 g/mol. The Bertz CT molecular complexity index is 447. The van der Waals surface area contributed by atoms with Crippen molar-refractivity contribution in [3.63, 3.8) is 0 Å². The van der Waals surface area contributed by atoms with Gasteiger partial charge in [-0.15, -0.1) is 0 Å². The number of nitrogens with one attached hydrogen (secondary N) is 1. The molecular formula is C12H13ClN2O. The highest BCUT2D eigenvalue weighted by molar-refractivity contribution is 6.35. The average molecular weight is 237 g/mol. The molecule has 3 nitrogen and oxygen atoms in total. The van der Waals surface area contributed by atoms with Gasteiger partial charge in [-0.3, -0.25) is 4.79 Å². The first-order valence-corrected chi connectivity index (χ1v) is 6.01. The molecule has 3 rings (SSSR count). The lowest BCUT2D eigenvalue weighted by atomic mass is 9.97. The predicted octanol–water partition coefficient (Wildman–Crippen LogP) is 2.65. The van der Waals surface area contributed by atoms with Gasteiger partial charge in [0.15, 0.2) is 0 Å². The fourth-order valence-corrected chi connectivity index (χ4v) is 2.79.